The van der Waals surface area contributed by atoms with E-state index in [4.69, 9.17) is 4.74 Å². The number of anilines is 2. The average molecular weight is 396 g/mol. The van der Waals surface area contributed by atoms with Crippen molar-refractivity contribution in [2.24, 2.45) is 5.92 Å². The summed E-state index contributed by atoms with van der Waals surface area (Å²) in [6.07, 6.45) is 3.91. The zero-order valence-corrected chi connectivity index (χ0v) is 16.5. The van der Waals surface area contributed by atoms with Gasteiger partial charge < -0.3 is 15.0 Å². The van der Waals surface area contributed by atoms with E-state index in [0.717, 1.165) is 42.3 Å². The van der Waals surface area contributed by atoms with Crippen LogP contribution in [0.15, 0.2) is 41.3 Å². The number of para-hydroxylation sites is 2. The lowest BCUT2D eigenvalue weighted by Crippen LogP contribution is -2.33. The summed E-state index contributed by atoms with van der Waals surface area (Å²) in [4.78, 5) is 31.7. The first kappa shape index (κ1) is 19.0. The third kappa shape index (κ3) is 3.94. The van der Waals surface area contributed by atoms with Gasteiger partial charge >= 0.3 is 5.69 Å². The number of piperidine rings is 1. The predicted molar refractivity (Wildman–Crippen MR) is 109 cm³/mol. The summed E-state index contributed by atoms with van der Waals surface area (Å²) in [5, 5.41) is 6.99. The van der Waals surface area contributed by atoms with Crippen LogP contribution in [0.5, 0.6) is 5.75 Å². The van der Waals surface area contributed by atoms with Crippen molar-refractivity contribution in [3.05, 3.63) is 47.0 Å². The molecule has 2 aromatic heterocycles. The van der Waals surface area contributed by atoms with E-state index in [0.29, 0.717) is 11.4 Å². The van der Waals surface area contributed by atoms with Crippen LogP contribution in [0.25, 0.3) is 5.78 Å². The fourth-order valence-corrected chi connectivity index (χ4v) is 3.49. The molecule has 0 aliphatic carbocycles. The number of ether oxygens (including phenoxy) is 1. The number of methoxy groups -OCH3 is 1. The van der Waals surface area contributed by atoms with E-state index in [1.54, 1.807) is 24.4 Å². The number of hydrogen-bond acceptors (Lipinski definition) is 6. The molecule has 1 saturated heterocycles. The van der Waals surface area contributed by atoms with Gasteiger partial charge in [-0.25, -0.2) is 13.9 Å². The van der Waals surface area contributed by atoms with Gasteiger partial charge in [0, 0.05) is 19.3 Å². The van der Waals surface area contributed by atoms with Crippen LogP contribution in [0, 0.1) is 5.92 Å². The molecular weight excluding hydrogens is 372 g/mol. The zero-order valence-electron chi connectivity index (χ0n) is 16.5. The van der Waals surface area contributed by atoms with E-state index in [2.05, 4.69) is 27.2 Å². The monoisotopic (exact) mass is 396 g/mol. The molecule has 0 unspecified atom stereocenters. The SMILES string of the molecule is COc1ccccc1NC(=O)Cn1nc2nc(N3CCC(C)CC3)ccn2c1=O. The molecule has 1 fully saturated rings. The van der Waals surface area contributed by atoms with Gasteiger partial charge in [0.25, 0.3) is 5.78 Å². The van der Waals surface area contributed by atoms with Crippen molar-refractivity contribution < 1.29 is 9.53 Å². The summed E-state index contributed by atoms with van der Waals surface area (Å²) in [6.45, 7) is 3.93. The number of carbonyl (C=O) groups excluding carboxylic acids is 1. The Morgan fingerprint density at radius 2 is 2.00 bits per heavy atom. The van der Waals surface area contributed by atoms with Crippen molar-refractivity contribution in [2.75, 3.05) is 30.4 Å². The Labute approximate surface area is 167 Å². The topological polar surface area (TPSA) is 93.8 Å². The van der Waals surface area contributed by atoms with Crippen LogP contribution in [0.3, 0.4) is 0 Å². The van der Waals surface area contributed by atoms with Crippen LogP contribution in [-0.4, -0.2) is 45.3 Å². The third-order valence-corrected chi connectivity index (χ3v) is 5.22. The number of aromatic nitrogens is 4. The Morgan fingerprint density at radius 1 is 1.24 bits per heavy atom. The highest BCUT2D eigenvalue weighted by Crippen LogP contribution is 2.23. The van der Waals surface area contributed by atoms with Crippen molar-refractivity contribution in [3.8, 4) is 5.75 Å². The van der Waals surface area contributed by atoms with Gasteiger partial charge in [0.05, 0.1) is 12.8 Å². The van der Waals surface area contributed by atoms with Crippen LogP contribution in [-0.2, 0) is 11.3 Å². The maximum atomic E-state index is 12.6. The standard InChI is InChI=1S/C20H24N6O3/c1-14-7-10-24(11-8-14)17-9-12-25-19(22-17)23-26(20(25)28)13-18(27)21-15-5-3-4-6-16(15)29-2/h3-6,9,12,14H,7-8,10-11,13H2,1-2H3,(H,21,27). The second-order valence-corrected chi connectivity index (χ2v) is 7.31. The first-order valence-electron chi connectivity index (χ1n) is 9.69. The number of benzene rings is 1. The normalized spacial score (nSPS) is 14.9. The number of hydrogen-bond donors (Lipinski definition) is 1. The molecule has 4 rings (SSSR count). The summed E-state index contributed by atoms with van der Waals surface area (Å²) in [7, 11) is 1.53. The number of amides is 1. The second-order valence-electron chi connectivity index (χ2n) is 7.31. The number of carbonyl (C=O) groups is 1. The molecular formula is C20H24N6O3. The van der Waals surface area contributed by atoms with Crippen LogP contribution >= 0.6 is 0 Å². The zero-order chi connectivity index (χ0) is 20.4. The number of rotatable bonds is 5. The van der Waals surface area contributed by atoms with Crippen LogP contribution in [0.4, 0.5) is 11.5 Å². The second kappa shape index (κ2) is 7.94. The molecule has 1 aromatic carbocycles. The maximum Gasteiger partial charge on any atom is 0.352 e. The largest absolute Gasteiger partial charge is 0.495 e. The van der Waals surface area contributed by atoms with Crippen LogP contribution in [0.1, 0.15) is 19.8 Å². The maximum absolute atomic E-state index is 12.6. The van der Waals surface area contributed by atoms with Gasteiger partial charge in [0.2, 0.25) is 5.91 Å². The summed E-state index contributed by atoms with van der Waals surface area (Å²) in [5.74, 6) is 1.99. The lowest BCUT2D eigenvalue weighted by molar-refractivity contribution is -0.117. The number of nitrogens with zero attached hydrogens (tertiary/aromatic N) is 5. The van der Waals surface area contributed by atoms with Crippen molar-refractivity contribution in [2.45, 2.75) is 26.3 Å². The molecule has 0 radical (unpaired) electrons. The molecule has 152 valence electrons. The highest BCUT2D eigenvalue weighted by molar-refractivity contribution is 5.92. The van der Waals surface area contributed by atoms with Gasteiger partial charge in [-0.05, 0) is 37.0 Å². The Morgan fingerprint density at radius 3 is 2.76 bits per heavy atom. The summed E-state index contributed by atoms with van der Waals surface area (Å²) >= 11 is 0. The molecule has 1 amide bonds. The molecule has 1 aliphatic rings. The molecule has 0 spiro atoms. The lowest BCUT2D eigenvalue weighted by Gasteiger charge is -2.30. The summed E-state index contributed by atoms with van der Waals surface area (Å²) in [5.41, 5.74) is 0.137. The molecule has 0 bridgehead atoms. The van der Waals surface area contributed by atoms with Gasteiger partial charge in [-0.3, -0.25) is 4.79 Å². The third-order valence-electron chi connectivity index (χ3n) is 5.22. The minimum atomic E-state index is -0.401. The molecule has 1 aliphatic heterocycles. The quantitative estimate of drug-likeness (QED) is 0.707. The highest BCUT2D eigenvalue weighted by atomic mass is 16.5. The molecule has 3 heterocycles. The average Bonchev–Trinajstić information content (AvgIpc) is 3.03. The van der Waals surface area contributed by atoms with Crippen molar-refractivity contribution in [3.63, 3.8) is 0 Å². The van der Waals surface area contributed by atoms with E-state index in [1.165, 1.54) is 11.5 Å². The Kier molecular flexibility index (Phi) is 5.20. The lowest BCUT2D eigenvalue weighted by atomic mass is 9.99. The first-order chi connectivity index (χ1) is 14.0. The predicted octanol–water partition coefficient (Wildman–Crippen LogP) is 1.77. The van der Waals surface area contributed by atoms with Gasteiger partial charge in [0.15, 0.2) is 0 Å². The Bertz CT molecular complexity index is 1080. The van der Waals surface area contributed by atoms with E-state index < -0.39 is 5.69 Å². The Balaban J connectivity index is 1.52. The molecule has 1 N–H and O–H groups in total. The van der Waals surface area contributed by atoms with Crippen molar-refractivity contribution >= 4 is 23.2 Å². The Hall–Kier alpha value is -3.36. The molecule has 9 heteroatoms. The summed E-state index contributed by atoms with van der Waals surface area (Å²) < 4.78 is 7.70. The van der Waals surface area contributed by atoms with Gasteiger partial charge in [0.1, 0.15) is 18.1 Å². The van der Waals surface area contributed by atoms with Crippen molar-refractivity contribution in [1.82, 2.24) is 19.2 Å². The smallest absolute Gasteiger partial charge is 0.352 e. The van der Waals surface area contributed by atoms with Crippen molar-refractivity contribution in [1.29, 1.82) is 0 Å². The van der Waals surface area contributed by atoms with Gasteiger partial charge in [-0.2, -0.15) is 4.98 Å². The molecule has 0 saturated carbocycles. The van der Waals surface area contributed by atoms with E-state index in [-0.39, 0.29) is 18.2 Å². The van der Waals surface area contributed by atoms with Crippen LogP contribution < -0.4 is 20.6 Å². The van der Waals surface area contributed by atoms with E-state index in [9.17, 15) is 9.59 Å². The minimum absolute atomic E-state index is 0.212. The highest BCUT2D eigenvalue weighted by Gasteiger charge is 2.19. The fourth-order valence-electron chi connectivity index (χ4n) is 3.49. The molecule has 0 atom stereocenters. The van der Waals surface area contributed by atoms with Crippen LogP contribution in [0.2, 0.25) is 0 Å². The van der Waals surface area contributed by atoms with Gasteiger partial charge in [-0.1, -0.05) is 19.1 Å². The summed E-state index contributed by atoms with van der Waals surface area (Å²) in [6, 6.07) is 8.91. The minimum Gasteiger partial charge on any atom is -0.495 e. The molecule has 29 heavy (non-hydrogen) atoms. The molecule has 9 nitrogen and oxygen atoms in total. The molecule has 3 aromatic rings. The number of nitrogens with one attached hydrogen (secondary N) is 1. The van der Waals surface area contributed by atoms with E-state index in [1.807, 2.05) is 12.1 Å². The van der Waals surface area contributed by atoms with E-state index >= 15 is 0 Å². The number of fused-ring (bicyclic) bond motifs is 1. The fraction of sp³-hybridized carbons (Fsp3) is 0.400. The van der Waals surface area contributed by atoms with Gasteiger partial charge in [-0.15, -0.1) is 5.10 Å². The first-order valence-corrected chi connectivity index (χ1v) is 9.69.